The molecule has 1 aromatic carbocycles. The minimum Gasteiger partial charge on any atom is -0.464 e. The highest BCUT2D eigenvalue weighted by atomic mass is 35.5. The van der Waals surface area contributed by atoms with Gasteiger partial charge in [0.2, 0.25) is 0 Å². The minimum atomic E-state index is -0.434. The largest absolute Gasteiger partial charge is 0.464 e. The predicted octanol–water partition coefficient (Wildman–Crippen LogP) is 2.79. The number of hydrogen-bond acceptors (Lipinski definition) is 2. The average Bonchev–Trinajstić information content (AvgIpc) is 2.30. The molecule has 0 amide bonds. The maximum Gasteiger partial charge on any atom is 0.189 e. The first-order valence-electron chi connectivity index (χ1n) is 4.83. The second-order valence-electron chi connectivity index (χ2n) is 2.84. The van der Waals surface area contributed by atoms with Gasteiger partial charge in [0.1, 0.15) is 0 Å². The minimum absolute atomic E-state index is 0.0276. The van der Waals surface area contributed by atoms with Gasteiger partial charge >= 0.3 is 0 Å². The second-order valence-corrected chi connectivity index (χ2v) is 3.10. The quantitative estimate of drug-likeness (QED) is 0.350. The Morgan fingerprint density at radius 3 is 2.94 bits per heavy atom. The summed E-state index contributed by atoms with van der Waals surface area (Å²) in [7, 11) is 0. The van der Waals surface area contributed by atoms with Crippen LogP contribution in [0.3, 0.4) is 0 Å². The van der Waals surface area contributed by atoms with Crippen molar-refractivity contribution in [2.75, 3.05) is 19.3 Å². The van der Waals surface area contributed by atoms with E-state index in [9.17, 15) is 4.39 Å². The number of ether oxygens (including phenoxy) is 2. The van der Waals surface area contributed by atoms with E-state index in [1.807, 2.05) is 6.92 Å². The lowest BCUT2D eigenvalue weighted by Gasteiger charge is -2.06. The zero-order valence-electron chi connectivity index (χ0n) is 8.93. The van der Waals surface area contributed by atoms with E-state index >= 15 is 0 Å². The molecule has 0 saturated carbocycles. The van der Waals surface area contributed by atoms with Crippen LogP contribution in [0.15, 0.2) is 18.2 Å². The van der Waals surface area contributed by atoms with Gasteiger partial charge in [0, 0.05) is 12.2 Å². The summed E-state index contributed by atoms with van der Waals surface area (Å²) in [5, 5.41) is 0. The summed E-state index contributed by atoms with van der Waals surface area (Å²) in [6.07, 6.45) is 0. The summed E-state index contributed by atoms with van der Waals surface area (Å²) in [6.45, 7) is 2.38. The van der Waals surface area contributed by atoms with Crippen LogP contribution in [0.2, 0.25) is 0 Å². The molecule has 0 aliphatic heterocycles. The number of halogens is 2. The molecule has 0 spiro atoms. The fourth-order valence-electron chi connectivity index (χ4n) is 1.02. The van der Waals surface area contributed by atoms with Crippen molar-refractivity contribution >= 4 is 11.6 Å². The van der Waals surface area contributed by atoms with Crippen LogP contribution >= 0.6 is 11.6 Å². The fourth-order valence-corrected chi connectivity index (χ4v) is 1.08. The lowest BCUT2D eigenvalue weighted by molar-refractivity contribution is 0.0201. The highest BCUT2D eigenvalue weighted by Gasteiger charge is 2.03. The molecule has 0 fully saturated rings. The van der Waals surface area contributed by atoms with E-state index in [0.29, 0.717) is 12.2 Å². The van der Waals surface area contributed by atoms with Gasteiger partial charge in [-0.25, -0.2) is 4.39 Å². The van der Waals surface area contributed by atoms with Crippen molar-refractivity contribution in [2.45, 2.75) is 6.92 Å². The average molecular weight is 243 g/mol. The van der Waals surface area contributed by atoms with E-state index in [1.54, 1.807) is 6.07 Å². The Kier molecular flexibility index (Phi) is 5.69. The Morgan fingerprint density at radius 2 is 2.25 bits per heavy atom. The van der Waals surface area contributed by atoms with Crippen molar-refractivity contribution in [3.63, 3.8) is 0 Å². The third kappa shape index (κ3) is 4.09. The Bertz CT molecular complexity index is 396. The highest BCUT2D eigenvalue weighted by Crippen LogP contribution is 2.18. The second kappa shape index (κ2) is 7.10. The molecule has 0 aliphatic carbocycles. The van der Waals surface area contributed by atoms with Crippen LogP contribution < -0.4 is 4.74 Å². The molecule has 0 N–H and O–H groups in total. The summed E-state index contributed by atoms with van der Waals surface area (Å²) in [5.74, 6) is 5.41. The third-order valence-corrected chi connectivity index (χ3v) is 1.87. The van der Waals surface area contributed by atoms with E-state index in [2.05, 4.69) is 11.8 Å². The van der Waals surface area contributed by atoms with Gasteiger partial charge in [-0.3, -0.25) is 0 Å². The molecule has 1 aromatic rings. The molecule has 0 aliphatic rings. The fraction of sp³-hybridized carbons (Fsp3) is 0.333. The molecule has 0 radical (unpaired) electrons. The maximum absolute atomic E-state index is 13.3. The number of alkyl halides is 1. The van der Waals surface area contributed by atoms with E-state index in [0.717, 1.165) is 0 Å². The summed E-state index contributed by atoms with van der Waals surface area (Å²) in [5.41, 5.74) is 0.661. The predicted molar refractivity (Wildman–Crippen MR) is 61.1 cm³/mol. The molecule has 86 valence electrons. The van der Waals surface area contributed by atoms with Crippen LogP contribution in [-0.4, -0.2) is 19.3 Å². The van der Waals surface area contributed by atoms with Crippen LogP contribution in [0, 0.1) is 17.7 Å². The van der Waals surface area contributed by atoms with Gasteiger partial charge in [0.15, 0.2) is 18.4 Å². The monoisotopic (exact) mass is 242 g/mol. The first-order valence-corrected chi connectivity index (χ1v) is 5.36. The normalized spacial score (nSPS) is 9.44. The van der Waals surface area contributed by atoms with E-state index < -0.39 is 5.82 Å². The van der Waals surface area contributed by atoms with E-state index in [1.165, 1.54) is 12.1 Å². The van der Waals surface area contributed by atoms with Gasteiger partial charge in [0.25, 0.3) is 0 Å². The van der Waals surface area contributed by atoms with E-state index in [-0.39, 0.29) is 18.4 Å². The molecule has 4 heteroatoms. The van der Waals surface area contributed by atoms with Crippen molar-refractivity contribution in [3.8, 4) is 17.6 Å². The number of hydrogen-bond donors (Lipinski definition) is 0. The van der Waals surface area contributed by atoms with Gasteiger partial charge < -0.3 is 9.47 Å². The zero-order valence-corrected chi connectivity index (χ0v) is 9.68. The van der Waals surface area contributed by atoms with Crippen molar-refractivity contribution in [2.24, 2.45) is 0 Å². The van der Waals surface area contributed by atoms with Gasteiger partial charge in [-0.15, -0.1) is 11.6 Å². The van der Waals surface area contributed by atoms with Gasteiger partial charge in [-0.05, 0) is 25.1 Å². The lowest BCUT2D eigenvalue weighted by Crippen LogP contribution is -2.03. The number of rotatable bonds is 4. The molecule has 0 heterocycles. The first-order chi connectivity index (χ1) is 7.77. The Labute approximate surface area is 99.3 Å². The lowest BCUT2D eigenvalue weighted by atomic mass is 10.2. The molecule has 0 saturated heterocycles. The van der Waals surface area contributed by atoms with Crippen LogP contribution in [0.4, 0.5) is 4.39 Å². The molecular weight excluding hydrogens is 231 g/mol. The van der Waals surface area contributed by atoms with Crippen LogP contribution in [0.25, 0.3) is 0 Å². The van der Waals surface area contributed by atoms with Gasteiger partial charge in [-0.2, -0.15) is 0 Å². The van der Waals surface area contributed by atoms with E-state index in [4.69, 9.17) is 21.1 Å². The Hall–Kier alpha value is -1.24. The zero-order chi connectivity index (χ0) is 11.8. The summed E-state index contributed by atoms with van der Waals surface area (Å²) < 4.78 is 23.3. The van der Waals surface area contributed by atoms with Gasteiger partial charge in [-0.1, -0.05) is 11.8 Å². The molecular formula is C12H12ClFO2. The third-order valence-electron chi connectivity index (χ3n) is 1.73. The Morgan fingerprint density at radius 1 is 1.44 bits per heavy atom. The summed E-state index contributed by atoms with van der Waals surface area (Å²) >= 11 is 5.43. The van der Waals surface area contributed by atoms with Gasteiger partial charge in [0.05, 0.1) is 5.88 Å². The standard InChI is InChI=1S/C12H12ClFO2/c1-2-15-9-16-12-8-10(4-3-7-13)5-6-11(12)14/h5-6,8H,2,7,9H2,1H3. The smallest absolute Gasteiger partial charge is 0.189 e. The molecule has 1 rings (SSSR count). The maximum atomic E-state index is 13.3. The molecule has 16 heavy (non-hydrogen) atoms. The topological polar surface area (TPSA) is 18.5 Å². The van der Waals surface area contributed by atoms with Crippen molar-refractivity contribution < 1.29 is 13.9 Å². The SMILES string of the molecule is CCOCOc1cc(C#CCCl)ccc1F. The first kappa shape index (κ1) is 12.8. The molecule has 0 atom stereocenters. The summed E-state index contributed by atoms with van der Waals surface area (Å²) in [4.78, 5) is 0. The number of benzene rings is 1. The highest BCUT2D eigenvalue weighted by molar-refractivity contribution is 6.19. The summed E-state index contributed by atoms with van der Waals surface area (Å²) in [6, 6.07) is 4.40. The Balaban J connectivity index is 2.74. The molecule has 0 unspecified atom stereocenters. The van der Waals surface area contributed by atoms with Crippen molar-refractivity contribution in [1.82, 2.24) is 0 Å². The van der Waals surface area contributed by atoms with Crippen LogP contribution in [0.1, 0.15) is 12.5 Å². The van der Waals surface area contributed by atoms with Crippen LogP contribution in [0.5, 0.6) is 5.75 Å². The van der Waals surface area contributed by atoms with Crippen molar-refractivity contribution in [3.05, 3.63) is 29.6 Å². The van der Waals surface area contributed by atoms with Crippen LogP contribution in [-0.2, 0) is 4.74 Å². The molecule has 2 nitrogen and oxygen atoms in total. The molecule has 0 aromatic heterocycles. The molecule has 0 bridgehead atoms. The van der Waals surface area contributed by atoms with Crippen molar-refractivity contribution in [1.29, 1.82) is 0 Å².